The maximum atomic E-state index is 12.1. The van der Waals surface area contributed by atoms with Gasteiger partial charge in [0.25, 0.3) is 0 Å². The van der Waals surface area contributed by atoms with E-state index >= 15 is 0 Å². The van der Waals surface area contributed by atoms with Crippen LogP contribution in [0.2, 0.25) is 0 Å². The first-order valence-electron chi connectivity index (χ1n) is 7.18. The van der Waals surface area contributed by atoms with E-state index in [-0.39, 0.29) is 18.6 Å². The van der Waals surface area contributed by atoms with E-state index in [0.717, 1.165) is 17.7 Å². The lowest BCUT2D eigenvalue weighted by molar-refractivity contribution is -0.130. The van der Waals surface area contributed by atoms with Crippen molar-refractivity contribution in [1.29, 1.82) is 0 Å². The van der Waals surface area contributed by atoms with Crippen molar-refractivity contribution in [2.75, 3.05) is 19.9 Å². The van der Waals surface area contributed by atoms with E-state index in [1.54, 1.807) is 17.1 Å². The summed E-state index contributed by atoms with van der Waals surface area (Å²) in [6.45, 7) is 3.36. The molecule has 3 rings (SSSR count). The summed E-state index contributed by atoms with van der Waals surface area (Å²) in [5.41, 5.74) is 0.888. The van der Waals surface area contributed by atoms with Crippen LogP contribution in [0.5, 0.6) is 11.5 Å². The number of piperidine rings is 1. The Balaban J connectivity index is 1.64. The number of aliphatic hydroxyl groups is 1. The summed E-state index contributed by atoms with van der Waals surface area (Å²) in [7, 11) is 0. The molecule has 21 heavy (non-hydrogen) atoms. The summed E-state index contributed by atoms with van der Waals surface area (Å²) < 4.78 is 10.6. The van der Waals surface area contributed by atoms with Gasteiger partial charge in [0.05, 0.1) is 6.10 Å². The van der Waals surface area contributed by atoms with Gasteiger partial charge >= 0.3 is 0 Å². The van der Waals surface area contributed by atoms with Gasteiger partial charge in [-0.3, -0.25) is 4.79 Å². The van der Waals surface area contributed by atoms with Crippen molar-refractivity contribution in [1.82, 2.24) is 4.90 Å². The first-order valence-corrected chi connectivity index (χ1v) is 7.18. The molecule has 0 bridgehead atoms. The first kappa shape index (κ1) is 13.9. The second-order valence-corrected chi connectivity index (χ2v) is 5.56. The minimum absolute atomic E-state index is 0.0707. The van der Waals surface area contributed by atoms with Crippen LogP contribution in [0.4, 0.5) is 0 Å². The summed E-state index contributed by atoms with van der Waals surface area (Å²) >= 11 is 0. The van der Waals surface area contributed by atoms with Crippen molar-refractivity contribution in [2.45, 2.75) is 19.4 Å². The summed E-state index contributed by atoms with van der Waals surface area (Å²) in [5, 5.41) is 9.84. The Kier molecular flexibility index (Phi) is 3.84. The minimum atomic E-state index is -0.429. The number of hydrogen-bond acceptors (Lipinski definition) is 4. The number of nitrogens with zero attached hydrogens (tertiary/aromatic N) is 1. The maximum absolute atomic E-state index is 12.1. The highest BCUT2D eigenvalue weighted by atomic mass is 16.7. The quantitative estimate of drug-likeness (QED) is 0.841. The van der Waals surface area contributed by atoms with Crippen LogP contribution in [-0.4, -0.2) is 41.9 Å². The number of fused-ring (bicyclic) bond motifs is 1. The Morgan fingerprint density at radius 3 is 3.00 bits per heavy atom. The summed E-state index contributed by atoms with van der Waals surface area (Å²) in [6.07, 6.45) is 3.71. The number of hydrogen-bond donors (Lipinski definition) is 1. The van der Waals surface area contributed by atoms with E-state index in [1.165, 1.54) is 0 Å². The average molecular weight is 289 g/mol. The third-order valence-electron chi connectivity index (χ3n) is 4.05. The zero-order valence-corrected chi connectivity index (χ0v) is 12.0. The van der Waals surface area contributed by atoms with Crippen molar-refractivity contribution in [3.63, 3.8) is 0 Å². The summed E-state index contributed by atoms with van der Waals surface area (Å²) in [5.74, 6) is 1.61. The van der Waals surface area contributed by atoms with Gasteiger partial charge < -0.3 is 19.5 Å². The number of benzene rings is 1. The molecule has 0 aliphatic carbocycles. The van der Waals surface area contributed by atoms with Crippen LogP contribution in [0.3, 0.4) is 0 Å². The second-order valence-electron chi connectivity index (χ2n) is 5.56. The molecule has 0 aromatic heterocycles. The number of ether oxygens (including phenoxy) is 2. The van der Waals surface area contributed by atoms with E-state index in [9.17, 15) is 9.90 Å². The largest absolute Gasteiger partial charge is 0.454 e. The highest BCUT2D eigenvalue weighted by molar-refractivity contribution is 5.92. The fourth-order valence-electron chi connectivity index (χ4n) is 2.54. The lowest BCUT2D eigenvalue weighted by Gasteiger charge is -2.33. The molecule has 2 aliphatic heterocycles. The maximum Gasteiger partial charge on any atom is 0.246 e. The van der Waals surface area contributed by atoms with Gasteiger partial charge in [0.15, 0.2) is 11.5 Å². The summed E-state index contributed by atoms with van der Waals surface area (Å²) in [4.78, 5) is 13.8. The standard InChI is InChI=1S/C16H19NO4/c1-11-6-7-17(9-13(11)18)16(19)5-3-12-2-4-14-15(8-12)21-10-20-14/h2-5,8,11,13,18H,6-7,9-10H2,1H3/b5-3+. The minimum Gasteiger partial charge on any atom is -0.454 e. The van der Waals surface area contributed by atoms with Gasteiger partial charge in [0.2, 0.25) is 12.7 Å². The van der Waals surface area contributed by atoms with Crippen molar-refractivity contribution < 1.29 is 19.4 Å². The smallest absolute Gasteiger partial charge is 0.246 e. The SMILES string of the molecule is CC1CCN(C(=O)/C=C/c2ccc3c(c2)OCO3)CC1O. The lowest BCUT2D eigenvalue weighted by atomic mass is 9.96. The first-order chi connectivity index (χ1) is 10.1. The number of likely N-dealkylation sites (tertiary alicyclic amines) is 1. The van der Waals surface area contributed by atoms with Gasteiger partial charge in [-0.15, -0.1) is 0 Å². The van der Waals surface area contributed by atoms with Gasteiger partial charge in [-0.1, -0.05) is 13.0 Å². The molecular formula is C16H19NO4. The third kappa shape index (κ3) is 3.03. The molecular weight excluding hydrogens is 270 g/mol. The molecule has 0 spiro atoms. The molecule has 112 valence electrons. The van der Waals surface area contributed by atoms with E-state index < -0.39 is 6.10 Å². The van der Waals surface area contributed by atoms with E-state index in [4.69, 9.17) is 9.47 Å². The van der Waals surface area contributed by atoms with Crippen LogP contribution in [0, 0.1) is 5.92 Å². The molecule has 2 heterocycles. The van der Waals surface area contributed by atoms with Gasteiger partial charge in [-0.25, -0.2) is 0 Å². The van der Waals surface area contributed by atoms with Crippen LogP contribution < -0.4 is 9.47 Å². The molecule has 2 atom stereocenters. The molecule has 2 aliphatic rings. The Labute approximate surface area is 123 Å². The zero-order valence-electron chi connectivity index (χ0n) is 12.0. The molecule has 1 aromatic carbocycles. The number of rotatable bonds is 2. The molecule has 1 saturated heterocycles. The molecule has 1 N–H and O–H groups in total. The molecule has 5 nitrogen and oxygen atoms in total. The van der Waals surface area contributed by atoms with E-state index in [0.29, 0.717) is 18.8 Å². The van der Waals surface area contributed by atoms with Gasteiger partial charge in [-0.2, -0.15) is 0 Å². The average Bonchev–Trinajstić information content (AvgIpc) is 2.95. The van der Waals surface area contributed by atoms with Crippen LogP contribution in [0.25, 0.3) is 6.08 Å². The van der Waals surface area contributed by atoms with E-state index in [2.05, 4.69) is 0 Å². The predicted molar refractivity (Wildman–Crippen MR) is 78.0 cm³/mol. The molecule has 5 heteroatoms. The molecule has 1 amide bonds. The number of β-amino-alcohol motifs (C(OH)–C–C–N with tert-alkyl or cyclic N) is 1. The van der Waals surface area contributed by atoms with Crippen molar-refractivity contribution in [2.24, 2.45) is 5.92 Å². The number of carbonyl (C=O) groups excluding carboxylic acids is 1. The number of amides is 1. The topological polar surface area (TPSA) is 59.0 Å². The lowest BCUT2D eigenvalue weighted by Crippen LogP contribution is -2.45. The Bertz CT molecular complexity index is 569. The second kappa shape index (κ2) is 5.77. The van der Waals surface area contributed by atoms with Gasteiger partial charge in [0, 0.05) is 19.2 Å². The summed E-state index contributed by atoms with van der Waals surface area (Å²) in [6, 6.07) is 5.56. The van der Waals surface area contributed by atoms with Crippen molar-refractivity contribution >= 4 is 12.0 Å². The van der Waals surface area contributed by atoms with Gasteiger partial charge in [-0.05, 0) is 36.1 Å². The molecule has 0 saturated carbocycles. The predicted octanol–water partition coefficient (Wildman–Crippen LogP) is 1.66. The Morgan fingerprint density at radius 1 is 1.38 bits per heavy atom. The highest BCUT2D eigenvalue weighted by Crippen LogP contribution is 2.32. The monoisotopic (exact) mass is 289 g/mol. The van der Waals surface area contributed by atoms with E-state index in [1.807, 2.05) is 25.1 Å². The fraction of sp³-hybridized carbons (Fsp3) is 0.438. The fourth-order valence-corrected chi connectivity index (χ4v) is 2.54. The van der Waals surface area contributed by atoms with Crippen LogP contribution in [-0.2, 0) is 4.79 Å². The highest BCUT2D eigenvalue weighted by Gasteiger charge is 2.26. The molecule has 2 unspecified atom stereocenters. The van der Waals surface area contributed by atoms with Crippen LogP contribution in [0.15, 0.2) is 24.3 Å². The Morgan fingerprint density at radius 2 is 2.19 bits per heavy atom. The normalized spacial score (nSPS) is 24.6. The zero-order chi connectivity index (χ0) is 14.8. The van der Waals surface area contributed by atoms with Crippen molar-refractivity contribution in [3.8, 4) is 11.5 Å². The van der Waals surface area contributed by atoms with Crippen LogP contribution in [0.1, 0.15) is 18.9 Å². The Hall–Kier alpha value is -2.01. The number of aliphatic hydroxyl groups excluding tert-OH is 1. The molecule has 0 radical (unpaired) electrons. The van der Waals surface area contributed by atoms with Gasteiger partial charge in [0.1, 0.15) is 0 Å². The third-order valence-corrected chi connectivity index (χ3v) is 4.05. The number of carbonyl (C=O) groups is 1. The molecule has 1 fully saturated rings. The van der Waals surface area contributed by atoms with Crippen molar-refractivity contribution in [3.05, 3.63) is 29.8 Å². The van der Waals surface area contributed by atoms with Crippen LogP contribution >= 0.6 is 0 Å². The molecule has 1 aromatic rings.